The maximum Gasteiger partial charge on any atom is 0.236 e. The van der Waals surface area contributed by atoms with Crippen LogP contribution in [0.15, 0.2) is 18.6 Å². The van der Waals surface area contributed by atoms with Gasteiger partial charge in [-0.15, -0.1) is 0 Å². The minimum absolute atomic E-state index is 0.0602. The van der Waals surface area contributed by atoms with Gasteiger partial charge >= 0.3 is 0 Å². The van der Waals surface area contributed by atoms with E-state index in [2.05, 4.69) is 19.8 Å². The van der Waals surface area contributed by atoms with Crippen molar-refractivity contribution in [3.8, 4) is 0 Å². The summed E-state index contributed by atoms with van der Waals surface area (Å²) in [5.41, 5.74) is 0. The summed E-state index contributed by atoms with van der Waals surface area (Å²) in [7, 11) is 1.67. The summed E-state index contributed by atoms with van der Waals surface area (Å²) in [5, 5.41) is 0. The van der Waals surface area contributed by atoms with E-state index in [1.165, 1.54) is 0 Å². The monoisotopic (exact) mass is 335 g/mol. The lowest BCUT2D eigenvalue weighted by Crippen LogP contribution is -2.53. The van der Waals surface area contributed by atoms with E-state index in [-0.39, 0.29) is 12.0 Å². The molecule has 0 aliphatic carbocycles. The Kier molecular flexibility index (Phi) is 5.95. The van der Waals surface area contributed by atoms with Gasteiger partial charge in [-0.3, -0.25) is 14.7 Å². The minimum Gasteiger partial charge on any atom is -0.382 e. The van der Waals surface area contributed by atoms with E-state index in [0.717, 1.165) is 45.1 Å². The summed E-state index contributed by atoms with van der Waals surface area (Å²) >= 11 is 0. The minimum atomic E-state index is 0.0602. The first-order valence-electron chi connectivity index (χ1n) is 8.38. The topological polar surface area (TPSA) is 71.0 Å². The molecule has 0 aromatic carbocycles. The van der Waals surface area contributed by atoms with E-state index in [0.29, 0.717) is 19.8 Å². The second-order valence-corrected chi connectivity index (χ2v) is 6.11. The van der Waals surface area contributed by atoms with Crippen molar-refractivity contribution in [1.82, 2.24) is 19.8 Å². The van der Waals surface area contributed by atoms with Crippen LogP contribution in [-0.4, -0.2) is 97.9 Å². The lowest BCUT2D eigenvalue weighted by atomic mass is 10.2. The molecule has 132 valence electrons. The molecule has 3 heterocycles. The van der Waals surface area contributed by atoms with Gasteiger partial charge in [0, 0.05) is 58.8 Å². The number of morpholine rings is 1. The molecule has 2 aliphatic heterocycles. The standard InChI is InChI=1S/C16H25N5O3/c1-23-13-14-11-19(8-9-24-14)12-16(22)21-6-4-20(5-7-21)15-10-17-2-3-18-15/h2-3,10,14H,4-9,11-13H2,1H3. The van der Waals surface area contributed by atoms with E-state index < -0.39 is 0 Å². The molecule has 0 N–H and O–H groups in total. The van der Waals surface area contributed by atoms with Gasteiger partial charge in [0.05, 0.1) is 32.1 Å². The molecular formula is C16H25N5O3. The number of piperazine rings is 1. The van der Waals surface area contributed by atoms with E-state index in [1.54, 1.807) is 25.7 Å². The first kappa shape index (κ1) is 17.1. The zero-order chi connectivity index (χ0) is 16.8. The van der Waals surface area contributed by atoms with E-state index >= 15 is 0 Å². The number of carbonyl (C=O) groups is 1. The van der Waals surface area contributed by atoms with Crippen molar-refractivity contribution in [2.75, 3.05) is 71.0 Å². The molecule has 3 rings (SSSR count). The van der Waals surface area contributed by atoms with Gasteiger partial charge in [0.1, 0.15) is 5.82 Å². The highest BCUT2D eigenvalue weighted by Crippen LogP contribution is 2.12. The fourth-order valence-corrected chi connectivity index (χ4v) is 3.14. The molecule has 0 radical (unpaired) electrons. The molecule has 1 atom stereocenters. The van der Waals surface area contributed by atoms with Crippen molar-refractivity contribution >= 4 is 11.7 Å². The maximum absolute atomic E-state index is 12.5. The van der Waals surface area contributed by atoms with E-state index in [9.17, 15) is 4.79 Å². The summed E-state index contributed by atoms with van der Waals surface area (Å²) in [5.74, 6) is 1.06. The SMILES string of the molecule is COCC1CN(CC(=O)N2CCN(c3cnccn3)CC2)CCO1. The first-order chi connectivity index (χ1) is 11.8. The molecule has 2 fully saturated rings. The summed E-state index contributed by atoms with van der Waals surface area (Å²) < 4.78 is 10.8. The lowest BCUT2D eigenvalue weighted by Gasteiger charge is -2.37. The summed E-state index contributed by atoms with van der Waals surface area (Å²) in [6.07, 6.45) is 5.19. The third-order valence-corrected chi connectivity index (χ3v) is 4.44. The number of hydrogen-bond donors (Lipinski definition) is 0. The lowest BCUT2D eigenvalue weighted by molar-refractivity contribution is -0.135. The Balaban J connectivity index is 1.45. The molecule has 1 amide bonds. The molecule has 0 spiro atoms. The second kappa shape index (κ2) is 8.36. The highest BCUT2D eigenvalue weighted by atomic mass is 16.5. The van der Waals surface area contributed by atoms with Crippen molar-refractivity contribution in [1.29, 1.82) is 0 Å². The van der Waals surface area contributed by atoms with Crippen LogP contribution in [0, 0.1) is 0 Å². The third kappa shape index (κ3) is 4.40. The number of rotatable bonds is 5. The summed E-state index contributed by atoms with van der Waals surface area (Å²) in [4.78, 5) is 27.2. The predicted octanol–water partition coefficient (Wildman–Crippen LogP) is -0.528. The van der Waals surface area contributed by atoms with Gasteiger partial charge in [0.15, 0.2) is 0 Å². The Labute approximate surface area is 142 Å². The molecule has 0 bridgehead atoms. The summed E-state index contributed by atoms with van der Waals surface area (Å²) in [6.45, 7) is 6.25. The number of amides is 1. The normalized spacial score (nSPS) is 22.6. The fraction of sp³-hybridized carbons (Fsp3) is 0.688. The first-order valence-corrected chi connectivity index (χ1v) is 8.38. The maximum atomic E-state index is 12.5. The van der Waals surface area contributed by atoms with Crippen LogP contribution in [-0.2, 0) is 14.3 Å². The van der Waals surface area contributed by atoms with Crippen LogP contribution in [0.1, 0.15) is 0 Å². The zero-order valence-electron chi connectivity index (χ0n) is 14.1. The third-order valence-electron chi connectivity index (χ3n) is 4.44. The Morgan fingerprint density at radius 1 is 1.29 bits per heavy atom. The molecule has 24 heavy (non-hydrogen) atoms. The van der Waals surface area contributed by atoms with Crippen molar-refractivity contribution in [3.63, 3.8) is 0 Å². The van der Waals surface area contributed by atoms with Crippen molar-refractivity contribution in [2.45, 2.75) is 6.10 Å². The Bertz CT molecular complexity index is 520. The molecule has 1 aromatic rings. The largest absolute Gasteiger partial charge is 0.382 e. The number of aromatic nitrogens is 2. The number of hydrogen-bond acceptors (Lipinski definition) is 7. The van der Waals surface area contributed by atoms with Crippen LogP contribution in [0.3, 0.4) is 0 Å². The van der Waals surface area contributed by atoms with Crippen LogP contribution < -0.4 is 4.90 Å². The van der Waals surface area contributed by atoms with Gasteiger partial charge in [-0.25, -0.2) is 4.98 Å². The number of methoxy groups -OCH3 is 1. The molecular weight excluding hydrogens is 310 g/mol. The highest BCUT2D eigenvalue weighted by Gasteiger charge is 2.26. The average molecular weight is 335 g/mol. The van der Waals surface area contributed by atoms with Crippen LogP contribution >= 0.6 is 0 Å². The number of carbonyl (C=O) groups excluding carboxylic acids is 1. The van der Waals surface area contributed by atoms with Gasteiger partial charge in [0.25, 0.3) is 0 Å². The van der Waals surface area contributed by atoms with Crippen molar-refractivity contribution < 1.29 is 14.3 Å². The van der Waals surface area contributed by atoms with E-state index in [1.807, 2.05) is 4.90 Å². The van der Waals surface area contributed by atoms with Crippen molar-refractivity contribution in [3.05, 3.63) is 18.6 Å². The quantitative estimate of drug-likeness (QED) is 0.716. The number of ether oxygens (including phenoxy) is 2. The Hall–Kier alpha value is -1.77. The Morgan fingerprint density at radius 2 is 2.12 bits per heavy atom. The zero-order valence-corrected chi connectivity index (χ0v) is 14.1. The summed E-state index contributed by atoms with van der Waals surface area (Å²) in [6, 6.07) is 0. The molecule has 1 aromatic heterocycles. The van der Waals surface area contributed by atoms with Gasteiger partial charge in [-0.05, 0) is 0 Å². The smallest absolute Gasteiger partial charge is 0.236 e. The van der Waals surface area contributed by atoms with Gasteiger partial charge in [-0.1, -0.05) is 0 Å². The highest BCUT2D eigenvalue weighted by molar-refractivity contribution is 5.78. The molecule has 2 aliphatic rings. The van der Waals surface area contributed by atoms with Gasteiger partial charge in [0.2, 0.25) is 5.91 Å². The number of nitrogens with zero attached hydrogens (tertiary/aromatic N) is 5. The van der Waals surface area contributed by atoms with Gasteiger partial charge < -0.3 is 19.3 Å². The van der Waals surface area contributed by atoms with Crippen LogP contribution in [0.2, 0.25) is 0 Å². The van der Waals surface area contributed by atoms with Crippen LogP contribution in [0.4, 0.5) is 5.82 Å². The Morgan fingerprint density at radius 3 is 2.83 bits per heavy atom. The van der Waals surface area contributed by atoms with Crippen molar-refractivity contribution in [2.24, 2.45) is 0 Å². The fourth-order valence-electron chi connectivity index (χ4n) is 3.14. The molecule has 2 saturated heterocycles. The van der Waals surface area contributed by atoms with Gasteiger partial charge in [-0.2, -0.15) is 0 Å². The average Bonchev–Trinajstić information content (AvgIpc) is 2.63. The second-order valence-electron chi connectivity index (χ2n) is 6.11. The van der Waals surface area contributed by atoms with E-state index in [4.69, 9.17) is 9.47 Å². The van der Waals surface area contributed by atoms with Crippen LogP contribution in [0.5, 0.6) is 0 Å². The molecule has 8 heteroatoms. The molecule has 1 unspecified atom stereocenters. The molecule has 8 nitrogen and oxygen atoms in total. The molecule has 0 saturated carbocycles. The number of anilines is 1. The van der Waals surface area contributed by atoms with Crippen LogP contribution in [0.25, 0.3) is 0 Å². The predicted molar refractivity (Wildman–Crippen MR) is 88.9 cm³/mol.